The molecule has 4 heterocycles. The maximum atomic E-state index is 13.1. The molecule has 250 valence electrons. The lowest BCUT2D eigenvalue weighted by Crippen LogP contribution is -2.50. The van der Waals surface area contributed by atoms with Gasteiger partial charge in [-0.3, -0.25) is 9.59 Å². The molecule has 0 bridgehead atoms. The monoisotopic (exact) mass is 647 g/mol. The predicted molar refractivity (Wildman–Crippen MR) is 159 cm³/mol. The first kappa shape index (κ1) is 32.9. The number of nitrogens with one attached hydrogen (secondary N) is 1. The summed E-state index contributed by atoms with van der Waals surface area (Å²) in [5, 5.41) is 12.2. The zero-order valence-electron chi connectivity index (χ0n) is 25.7. The van der Waals surface area contributed by atoms with E-state index in [1.54, 1.807) is 18.2 Å². The minimum Gasteiger partial charge on any atom is -0.392 e. The fraction of sp³-hybridized carbons (Fsp3) is 0.576. The predicted octanol–water partition coefficient (Wildman–Crippen LogP) is 4.30. The molecule has 4 aliphatic rings. The van der Waals surface area contributed by atoms with E-state index in [0.717, 1.165) is 37.1 Å². The molecule has 0 aromatic heterocycles. The van der Waals surface area contributed by atoms with E-state index in [1.165, 1.54) is 0 Å². The van der Waals surface area contributed by atoms with Crippen molar-refractivity contribution in [2.75, 3.05) is 44.7 Å². The summed E-state index contributed by atoms with van der Waals surface area (Å²) in [6, 6.07) is 13.3. The summed E-state index contributed by atoms with van der Waals surface area (Å²) in [7, 11) is 0. The van der Waals surface area contributed by atoms with Crippen LogP contribution in [-0.2, 0) is 35.1 Å². The summed E-state index contributed by atoms with van der Waals surface area (Å²) in [5.41, 5.74) is 2.72. The number of carbonyl (C=O) groups is 2. The van der Waals surface area contributed by atoms with Crippen molar-refractivity contribution in [2.45, 2.75) is 75.7 Å². The number of nitrogens with zero attached hydrogens (tertiary/aromatic N) is 2. The first-order valence-corrected chi connectivity index (χ1v) is 15.8. The number of amides is 2. The summed E-state index contributed by atoms with van der Waals surface area (Å²) in [4.78, 5) is 27.9. The number of rotatable bonds is 7. The number of ether oxygens (including phenoxy) is 4. The topological polar surface area (TPSA) is 110 Å². The van der Waals surface area contributed by atoms with Crippen molar-refractivity contribution in [3.05, 3.63) is 65.2 Å². The number of piperidine rings is 1. The largest absolute Gasteiger partial charge is 0.471 e. The standard InChI is InChI=1S/C33H40F3N3O7/c1-21-27(19-38-14-11-32(12-15-38)43-16-17-44-32)45-30(46-28(21)23-9-7-22(20-40)8-10-23)24-4-2-5-25(18-24)37-29(41)26-6-3-13-39(26)31(42)33(34,35)36/h2,4-5,7-10,18,21,26-28,30,40H,3,6,11-17,19-20H2,1H3,(H,37,41)/t21-,26-,27+,28+,30+/m0/s1. The van der Waals surface area contributed by atoms with E-state index >= 15 is 0 Å². The van der Waals surface area contributed by atoms with E-state index in [4.69, 9.17) is 18.9 Å². The molecule has 4 aliphatic heterocycles. The van der Waals surface area contributed by atoms with E-state index < -0.39 is 36.1 Å². The van der Waals surface area contributed by atoms with Crippen LogP contribution in [0.3, 0.4) is 0 Å². The van der Waals surface area contributed by atoms with Gasteiger partial charge in [-0.2, -0.15) is 13.2 Å². The Hall–Kier alpha value is -3.07. The van der Waals surface area contributed by atoms with Crippen molar-refractivity contribution >= 4 is 17.5 Å². The van der Waals surface area contributed by atoms with Gasteiger partial charge in [-0.1, -0.05) is 43.3 Å². The van der Waals surface area contributed by atoms with Crippen LogP contribution < -0.4 is 5.32 Å². The number of aliphatic hydroxyl groups excluding tert-OH is 1. The molecule has 2 aromatic rings. The summed E-state index contributed by atoms with van der Waals surface area (Å²) in [6.45, 7) is 5.37. The van der Waals surface area contributed by atoms with Gasteiger partial charge in [0.25, 0.3) is 0 Å². The third-order valence-corrected chi connectivity index (χ3v) is 9.48. The van der Waals surface area contributed by atoms with Crippen LogP contribution in [0.25, 0.3) is 0 Å². The number of benzene rings is 2. The van der Waals surface area contributed by atoms with Crippen LogP contribution in [0, 0.1) is 5.92 Å². The second-order valence-corrected chi connectivity index (χ2v) is 12.5. The van der Waals surface area contributed by atoms with Gasteiger partial charge in [0, 0.05) is 56.2 Å². The summed E-state index contributed by atoms with van der Waals surface area (Å²) < 4.78 is 64.3. The van der Waals surface area contributed by atoms with Gasteiger partial charge < -0.3 is 39.2 Å². The molecule has 0 aliphatic carbocycles. The van der Waals surface area contributed by atoms with Crippen LogP contribution >= 0.6 is 0 Å². The summed E-state index contributed by atoms with van der Waals surface area (Å²) >= 11 is 0. The van der Waals surface area contributed by atoms with Gasteiger partial charge in [0.05, 0.1) is 32.0 Å². The molecule has 13 heteroatoms. The zero-order chi connectivity index (χ0) is 32.5. The van der Waals surface area contributed by atoms with Crippen LogP contribution in [0.5, 0.6) is 0 Å². The van der Waals surface area contributed by atoms with Gasteiger partial charge in [0.15, 0.2) is 12.1 Å². The lowest BCUT2D eigenvalue weighted by Gasteiger charge is -2.44. The number of anilines is 1. The molecule has 5 atom stereocenters. The Labute approximate surface area is 265 Å². The van der Waals surface area contributed by atoms with E-state index in [-0.39, 0.29) is 37.7 Å². The fourth-order valence-corrected chi connectivity index (χ4v) is 6.88. The quantitative estimate of drug-likeness (QED) is 0.458. The van der Waals surface area contributed by atoms with Gasteiger partial charge >= 0.3 is 12.1 Å². The highest BCUT2D eigenvalue weighted by molar-refractivity contribution is 5.98. The third kappa shape index (κ3) is 7.09. The molecule has 4 saturated heterocycles. The molecule has 0 unspecified atom stereocenters. The third-order valence-electron chi connectivity index (χ3n) is 9.48. The van der Waals surface area contributed by atoms with Crippen molar-refractivity contribution in [1.29, 1.82) is 0 Å². The molecular formula is C33H40F3N3O7. The molecule has 2 aromatic carbocycles. The van der Waals surface area contributed by atoms with Crippen molar-refractivity contribution in [2.24, 2.45) is 5.92 Å². The van der Waals surface area contributed by atoms with Crippen LogP contribution in [0.15, 0.2) is 48.5 Å². The lowest BCUT2D eigenvalue weighted by atomic mass is 9.89. The maximum absolute atomic E-state index is 13.1. The molecule has 4 fully saturated rings. The van der Waals surface area contributed by atoms with E-state index in [1.807, 2.05) is 30.3 Å². The van der Waals surface area contributed by atoms with Crippen molar-refractivity contribution < 1.29 is 46.8 Å². The molecule has 46 heavy (non-hydrogen) atoms. The Morgan fingerprint density at radius 3 is 2.39 bits per heavy atom. The van der Waals surface area contributed by atoms with Crippen molar-refractivity contribution in [3.8, 4) is 0 Å². The Bertz CT molecular complexity index is 1380. The fourth-order valence-electron chi connectivity index (χ4n) is 6.88. The van der Waals surface area contributed by atoms with Crippen LogP contribution in [0.2, 0.25) is 0 Å². The number of hydrogen-bond donors (Lipinski definition) is 2. The molecule has 2 amide bonds. The average molecular weight is 648 g/mol. The number of hydrogen-bond acceptors (Lipinski definition) is 8. The van der Waals surface area contributed by atoms with Gasteiger partial charge in [0.2, 0.25) is 5.91 Å². The Morgan fingerprint density at radius 1 is 1.00 bits per heavy atom. The summed E-state index contributed by atoms with van der Waals surface area (Å²) in [6.07, 6.45) is -4.41. The van der Waals surface area contributed by atoms with E-state index in [9.17, 15) is 27.9 Å². The normalized spacial score (nSPS) is 28.5. The van der Waals surface area contributed by atoms with Crippen LogP contribution in [-0.4, -0.2) is 90.2 Å². The summed E-state index contributed by atoms with van der Waals surface area (Å²) in [5.74, 6) is -3.20. The number of alkyl halides is 3. The highest BCUT2D eigenvalue weighted by Crippen LogP contribution is 2.43. The number of aliphatic hydroxyl groups is 1. The van der Waals surface area contributed by atoms with Crippen LogP contribution in [0.4, 0.5) is 18.9 Å². The Morgan fingerprint density at radius 2 is 1.72 bits per heavy atom. The van der Waals surface area contributed by atoms with Gasteiger partial charge in [-0.05, 0) is 36.1 Å². The Balaban J connectivity index is 1.19. The second kappa shape index (κ2) is 13.6. The maximum Gasteiger partial charge on any atom is 0.471 e. The number of carbonyl (C=O) groups excluding carboxylic acids is 2. The van der Waals surface area contributed by atoms with Gasteiger partial charge in [-0.25, -0.2) is 0 Å². The van der Waals surface area contributed by atoms with E-state index in [2.05, 4.69) is 17.1 Å². The molecular weight excluding hydrogens is 607 g/mol. The molecule has 6 rings (SSSR count). The molecule has 0 saturated carbocycles. The van der Waals surface area contributed by atoms with E-state index in [0.29, 0.717) is 42.3 Å². The zero-order valence-corrected chi connectivity index (χ0v) is 25.7. The van der Waals surface area contributed by atoms with Gasteiger partial charge in [0.1, 0.15) is 6.04 Å². The number of likely N-dealkylation sites (tertiary alicyclic amines) is 2. The molecule has 10 nitrogen and oxygen atoms in total. The Kier molecular flexibility index (Phi) is 9.70. The first-order chi connectivity index (χ1) is 22.0. The molecule has 0 radical (unpaired) electrons. The minimum absolute atomic E-state index is 0.0338. The highest BCUT2D eigenvalue weighted by Gasteiger charge is 2.48. The SMILES string of the molecule is C[C@H]1[C@@H](CN2CCC3(CC2)OCCO3)O[C@@H](c2cccc(NC(=O)[C@@H]3CCCN3C(=O)C(F)(F)F)c2)O[C@H]1c1ccc(CO)cc1. The first-order valence-electron chi connectivity index (χ1n) is 15.8. The van der Waals surface area contributed by atoms with Gasteiger partial charge in [-0.15, -0.1) is 0 Å². The number of halogens is 3. The van der Waals surface area contributed by atoms with Crippen molar-refractivity contribution in [1.82, 2.24) is 9.80 Å². The molecule has 2 N–H and O–H groups in total. The highest BCUT2D eigenvalue weighted by atomic mass is 19.4. The van der Waals surface area contributed by atoms with Crippen molar-refractivity contribution in [3.63, 3.8) is 0 Å². The lowest BCUT2D eigenvalue weighted by molar-refractivity contribution is -0.278. The van der Waals surface area contributed by atoms with Crippen LogP contribution in [0.1, 0.15) is 61.7 Å². The minimum atomic E-state index is -5.05. The second-order valence-electron chi connectivity index (χ2n) is 12.5. The smallest absolute Gasteiger partial charge is 0.392 e. The average Bonchev–Trinajstić information content (AvgIpc) is 3.73. The molecule has 1 spiro atoms.